The summed E-state index contributed by atoms with van der Waals surface area (Å²) in [4.78, 5) is 0. The van der Waals surface area contributed by atoms with E-state index >= 15 is 0 Å². The van der Waals surface area contributed by atoms with Gasteiger partial charge in [-0.25, -0.2) is 0 Å². The van der Waals surface area contributed by atoms with Crippen molar-refractivity contribution in [3.05, 3.63) is 5.21 Å². The number of quaternary nitrogens is 1. The second-order valence-corrected chi connectivity index (χ2v) is 3.64. The Hall–Kier alpha value is 0.0700. The Morgan fingerprint density at radius 3 is 2.11 bits per heavy atom. The van der Waals surface area contributed by atoms with Crippen LogP contribution in [0.4, 0.5) is 0 Å². The largest absolute Gasteiger partial charge is 0.635 e. The lowest BCUT2D eigenvalue weighted by Gasteiger charge is -2.11. The number of nitrogens with two attached hydrogens (primary N) is 1. The van der Waals surface area contributed by atoms with Crippen molar-refractivity contribution >= 4 is 7.60 Å². The molecule has 0 aliphatic heterocycles. The molecule has 0 saturated carbocycles. The first-order chi connectivity index (χ1) is 4.18. The Morgan fingerprint density at radius 1 is 1.56 bits per heavy atom. The zero-order valence-electron chi connectivity index (χ0n) is 5.36. The van der Waals surface area contributed by atoms with Crippen LogP contribution in [-0.2, 0) is 13.6 Å². The van der Waals surface area contributed by atoms with Crippen molar-refractivity contribution < 1.29 is 19.1 Å². The van der Waals surface area contributed by atoms with Gasteiger partial charge in [0.05, 0.1) is 0 Å². The SMILES string of the molecule is COP(=O)(C[NH2+][O-])OC. The molecular formula is C3H10NO4P. The van der Waals surface area contributed by atoms with Crippen LogP contribution < -0.4 is 5.48 Å². The van der Waals surface area contributed by atoms with E-state index in [1.165, 1.54) is 14.2 Å². The molecular weight excluding hydrogens is 145 g/mol. The second-order valence-electron chi connectivity index (χ2n) is 1.33. The van der Waals surface area contributed by atoms with Crippen LogP contribution in [0.2, 0.25) is 0 Å². The summed E-state index contributed by atoms with van der Waals surface area (Å²) in [5.74, 6) is 0. The molecule has 0 aromatic rings. The third-order valence-electron chi connectivity index (χ3n) is 0.854. The maximum absolute atomic E-state index is 10.9. The third-order valence-corrected chi connectivity index (χ3v) is 2.56. The van der Waals surface area contributed by atoms with Gasteiger partial charge >= 0.3 is 7.60 Å². The van der Waals surface area contributed by atoms with E-state index in [1.807, 2.05) is 0 Å². The molecule has 0 aromatic heterocycles. The molecule has 5 nitrogen and oxygen atoms in total. The fourth-order valence-electron chi connectivity index (χ4n) is 0.315. The molecule has 0 spiro atoms. The Morgan fingerprint density at radius 2 is 2.00 bits per heavy atom. The number of rotatable bonds is 4. The molecule has 6 heteroatoms. The van der Waals surface area contributed by atoms with Gasteiger partial charge in [-0.1, -0.05) is 0 Å². The van der Waals surface area contributed by atoms with Crippen molar-refractivity contribution in [1.82, 2.24) is 0 Å². The van der Waals surface area contributed by atoms with Crippen molar-refractivity contribution in [2.45, 2.75) is 0 Å². The zero-order valence-corrected chi connectivity index (χ0v) is 6.26. The molecule has 0 bridgehead atoms. The first-order valence-corrected chi connectivity index (χ1v) is 4.05. The van der Waals surface area contributed by atoms with Gasteiger partial charge < -0.3 is 19.7 Å². The summed E-state index contributed by atoms with van der Waals surface area (Å²) in [5.41, 5.74) is 0.508. The fraction of sp³-hybridized carbons (Fsp3) is 1.00. The van der Waals surface area contributed by atoms with E-state index in [-0.39, 0.29) is 6.29 Å². The Balaban J connectivity index is 3.78. The van der Waals surface area contributed by atoms with Gasteiger partial charge in [-0.3, -0.25) is 4.57 Å². The fourth-order valence-corrected chi connectivity index (χ4v) is 0.945. The predicted octanol–water partition coefficient (Wildman–Crippen LogP) is -0.509. The first kappa shape index (κ1) is 9.07. The van der Waals surface area contributed by atoms with Gasteiger partial charge in [-0.2, -0.15) is 0 Å². The Bertz CT molecular complexity index is 108. The monoisotopic (exact) mass is 155 g/mol. The molecule has 0 rings (SSSR count). The second kappa shape index (κ2) is 3.98. The molecule has 0 radical (unpaired) electrons. The summed E-state index contributed by atoms with van der Waals surface area (Å²) in [5, 5.41) is 9.81. The molecule has 0 saturated heterocycles. The summed E-state index contributed by atoms with van der Waals surface area (Å²) in [6, 6.07) is 0. The van der Waals surface area contributed by atoms with Crippen LogP contribution in [0.15, 0.2) is 0 Å². The van der Waals surface area contributed by atoms with Crippen LogP contribution in [-0.4, -0.2) is 20.5 Å². The van der Waals surface area contributed by atoms with Crippen LogP contribution in [0.5, 0.6) is 0 Å². The highest BCUT2D eigenvalue weighted by molar-refractivity contribution is 7.53. The van der Waals surface area contributed by atoms with E-state index in [0.717, 1.165) is 0 Å². The maximum Gasteiger partial charge on any atom is 0.384 e. The highest BCUT2D eigenvalue weighted by Crippen LogP contribution is 2.43. The molecule has 0 amide bonds. The van der Waals surface area contributed by atoms with E-state index in [9.17, 15) is 9.77 Å². The molecule has 0 heterocycles. The molecule has 0 unspecified atom stereocenters. The van der Waals surface area contributed by atoms with Gasteiger partial charge in [0.25, 0.3) is 0 Å². The predicted molar refractivity (Wildman–Crippen MR) is 31.8 cm³/mol. The third kappa shape index (κ3) is 2.93. The molecule has 0 atom stereocenters. The van der Waals surface area contributed by atoms with Crippen molar-refractivity contribution in [3.8, 4) is 0 Å². The average molecular weight is 155 g/mol. The highest BCUT2D eigenvalue weighted by Gasteiger charge is 2.20. The summed E-state index contributed by atoms with van der Waals surface area (Å²) >= 11 is 0. The lowest BCUT2D eigenvalue weighted by atomic mass is 11.5. The van der Waals surface area contributed by atoms with Crippen LogP contribution in [0.3, 0.4) is 0 Å². The van der Waals surface area contributed by atoms with Crippen molar-refractivity contribution in [1.29, 1.82) is 0 Å². The first-order valence-electron chi connectivity index (χ1n) is 2.32. The van der Waals surface area contributed by atoms with E-state index in [0.29, 0.717) is 5.48 Å². The van der Waals surface area contributed by atoms with Gasteiger partial charge in [0.2, 0.25) is 0 Å². The van der Waals surface area contributed by atoms with Gasteiger partial charge in [0.1, 0.15) is 0 Å². The van der Waals surface area contributed by atoms with Crippen molar-refractivity contribution in [3.63, 3.8) is 0 Å². The van der Waals surface area contributed by atoms with Crippen LogP contribution in [0.25, 0.3) is 0 Å². The summed E-state index contributed by atoms with van der Waals surface area (Å²) < 4.78 is 19.7. The number of hydroxylamine groups is 1. The minimum Gasteiger partial charge on any atom is -0.635 e. The molecule has 2 N–H and O–H groups in total. The summed E-state index contributed by atoms with van der Waals surface area (Å²) in [6.45, 7) is 0. The lowest BCUT2D eigenvalue weighted by Crippen LogP contribution is -2.77. The van der Waals surface area contributed by atoms with Gasteiger partial charge in [0, 0.05) is 14.2 Å². The Kier molecular flexibility index (Phi) is 4.01. The normalized spacial score (nSPS) is 11.9. The van der Waals surface area contributed by atoms with Crippen LogP contribution in [0.1, 0.15) is 0 Å². The number of hydrogen-bond donors (Lipinski definition) is 1. The smallest absolute Gasteiger partial charge is 0.384 e. The lowest BCUT2D eigenvalue weighted by molar-refractivity contribution is -0.572. The summed E-state index contributed by atoms with van der Waals surface area (Å²) in [7, 11) is -0.562. The van der Waals surface area contributed by atoms with Gasteiger partial charge in [-0.05, 0) is 0 Å². The number of hydrogen-bond acceptors (Lipinski definition) is 4. The summed E-state index contributed by atoms with van der Waals surface area (Å²) in [6.07, 6.45) is -0.181. The topological polar surface area (TPSA) is 75.2 Å². The average Bonchev–Trinajstić information content (AvgIpc) is 1.89. The Labute approximate surface area is 53.5 Å². The maximum atomic E-state index is 10.9. The molecule has 56 valence electrons. The minimum absolute atomic E-state index is 0.181. The molecule has 0 aliphatic carbocycles. The highest BCUT2D eigenvalue weighted by atomic mass is 31.2. The molecule has 0 aromatic carbocycles. The zero-order chi connectivity index (χ0) is 7.33. The molecule has 9 heavy (non-hydrogen) atoms. The van der Waals surface area contributed by atoms with E-state index in [2.05, 4.69) is 9.05 Å². The van der Waals surface area contributed by atoms with Gasteiger partial charge in [-0.15, -0.1) is 0 Å². The quantitative estimate of drug-likeness (QED) is 0.438. The van der Waals surface area contributed by atoms with Crippen molar-refractivity contribution in [2.24, 2.45) is 0 Å². The van der Waals surface area contributed by atoms with E-state index in [4.69, 9.17) is 0 Å². The van der Waals surface area contributed by atoms with E-state index in [1.54, 1.807) is 0 Å². The molecule has 0 fully saturated rings. The van der Waals surface area contributed by atoms with Crippen molar-refractivity contribution in [2.75, 3.05) is 20.5 Å². The van der Waals surface area contributed by atoms with Crippen LogP contribution >= 0.6 is 7.60 Å². The van der Waals surface area contributed by atoms with Crippen LogP contribution in [0, 0.1) is 5.21 Å². The van der Waals surface area contributed by atoms with E-state index < -0.39 is 7.60 Å². The minimum atomic E-state index is -3.05. The standard InChI is InChI=1S/C3H10NO4P/c1-7-9(6,8-2)3-4-5/h3-4H2,1-2H3. The van der Waals surface area contributed by atoms with Gasteiger partial charge in [0.15, 0.2) is 6.29 Å². The molecule has 0 aliphatic rings.